The molecule has 0 radical (unpaired) electrons. The molecule has 0 aliphatic carbocycles. The number of halogens is 1. The van der Waals surface area contributed by atoms with E-state index in [1.54, 1.807) is 49.6 Å². The molecule has 2 rings (SSSR count). The van der Waals surface area contributed by atoms with Crippen molar-refractivity contribution in [3.05, 3.63) is 58.6 Å². The molecular formula is C20H21ClO5. The molecule has 0 saturated heterocycles. The van der Waals surface area contributed by atoms with E-state index in [1.807, 2.05) is 6.92 Å². The highest BCUT2D eigenvalue weighted by Gasteiger charge is 2.09. The van der Waals surface area contributed by atoms with E-state index in [1.165, 1.54) is 6.08 Å². The van der Waals surface area contributed by atoms with Gasteiger partial charge in [0.15, 0.2) is 17.3 Å². The van der Waals surface area contributed by atoms with Crippen molar-refractivity contribution >= 4 is 23.5 Å². The quantitative estimate of drug-likeness (QED) is 0.400. The van der Waals surface area contributed by atoms with Crippen molar-refractivity contribution in [2.75, 3.05) is 26.9 Å². The first-order chi connectivity index (χ1) is 12.5. The van der Waals surface area contributed by atoms with E-state index in [9.17, 15) is 9.90 Å². The van der Waals surface area contributed by atoms with Crippen LogP contribution in [0.5, 0.6) is 17.2 Å². The molecule has 2 aromatic rings. The molecule has 138 valence electrons. The van der Waals surface area contributed by atoms with Crippen LogP contribution >= 0.6 is 11.6 Å². The average molecular weight is 377 g/mol. The van der Waals surface area contributed by atoms with Crippen LogP contribution in [-0.4, -0.2) is 37.8 Å². The molecule has 0 unspecified atom stereocenters. The summed E-state index contributed by atoms with van der Waals surface area (Å²) < 4.78 is 15.7. The number of rotatable bonds is 9. The largest absolute Gasteiger partial charge is 0.503 e. The van der Waals surface area contributed by atoms with Gasteiger partial charge in [-0.05, 0) is 55.0 Å². The zero-order valence-corrected chi connectivity index (χ0v) is 15.5. The van der Waals surface area contributed by atoms with Gasteiger partial charge in [0.05, 0.1) is 18.2 Å². The van der Waals surface area contributed by atoms with Crippen LogP contribution in [-0.2, 0) is 4.74 Å². The Morgan fingerprint density at radius 3 is 2.54 bits per heavy atom. The minimum Gasteiger partial charge on any atom is -0.503 e. The first-order valence-corrected chi connectivity index (χ1v) is 8.52. The second-order valence-electron chi connectivity index (χ2n) is 5.35. The molecule has 0 atom stereocenters. The summed E-state index contributed by atoms with van der Waals surface area (Å²) in [6.07, 6.45) is 3.07. The molecule has 1 N–H and O–H groups in total. The monoisotopic (exact) mass is 376 g/mol. The minimum absolute atomic E-state index is 0.110. The Bertz CT molecular complexity index is 769. The molecule has 0 bridgehead atoms. The third-order valence-electron chi connectivity index (χ3n) is 3.47. The van der Waals surface area contributed by atoms with Gasteiger partial charge in [0, 0.05) is 12.7 Å². The van der Waals surface area contributed by atoms with Crippen molar-refractivity contribution in [1.29, 1.82) is 0 Å². The molecule has 5 nitrogen and oxygen atoms in total. The molecule has 0 saturated carbocycles. The van der Waals surface area contributed by atoms with Gasteiger partial charge in [-0.2, -0.15) is 0 Å². The molecule has 0 fully saturated rings. The van der Waals surface area contributed by atoms with Gasteiger partial charge < -0.3 is 19.3 Å². The van der Waals surface area contributed by atoms with E-state index in [2.05, 4.69) is 0 Å². The number of allylic oxidation sites excluding steroid dienone is 1. The maximum Gasteiger partial charge on any atom is 0.185 e. The first kappa shape index (κ1) is 19.8. The summed E-state index contributed by atoms with van der Waals surface area (Å²) in [6.45, 7) is 3.16. The fraction of sp³-hybridized carbons (Fsp3) is 0.250. The molecule has 0 heterocycles. The lowest BCUT2D eigenvalue weighted by molar-refractivity contribution is 0.104. The number of ketones is 1. The molecule has 0 aliphatic heterocycles. The lowest BCUT2D eigenvalue weighted by atomic mass is 10.1. The van der Waals surface area contributed by atoms with E-state index in [0.29, 0.717) is 36.7 Å². The summed E-state index contributed by atoms with van der Waals surface area (Å²) in [6, 6.07) is 10.1. The number of hydrogen-bond donors (Lipinski definition) is 1. The van der Waals surface area contributed by atoms with Crippen molar-refractivity contribution in [1.82, 2.24) is 0 Å². The standard InChI is InChI=1S/C20H21ClO5/c1-3-25-19-13-14(12-17(21)20(19)23)4-9-18(22)15-5-7-16(8-6-15)26-11-10-24-2/h4-9,12-13,23H,3,10-11H2,1-2H3/b9-4+. The van der Waals surface area contributed by atoms with Crippen molar-refractivity contribution in [3.8, 4) is 17.2 Å². The van der Waals surface area contributed by atoms with Gasteiger partial charge in [-0.3, -0.25) is 4.79 Å². The van der Waals surface area contributed by atoms with Gasteiger partial charge in [0.2, 0.25) is 0 Å². The van der Waals surface area contributed by atoms with Crippen LogP contribution in [0.3, 0.4) is 0 Å². The number of methoxy groups -OCH3 is 1. The number of ether oxygens (including phenoxy) is 3. The normalized spacial score (nSPS) is 10.9. The van der Waals surface area contributed by atoms with Crippen molar-refractivity contribution in [2.24, 2.45) is 0 Å². The lowest BCUT2D eigenvalue weighted by Gasteiger charge is -2.08. The fourth-order valence-corrected chi connectivity index (χ4v) is 2.40. The van der Waals surface area contributed by atoms with E-state index < -0.39 is 0 Å². The maximum atomic E-state index is 12.3. The number of phenols is 1. The summed E-state index contributed by atoms with van der Waals surface area (Å²) in [5.74, 6) is 0.690. The van der Waals surface area contributed by atoms with Crippen LogP contribution in [0.1, 0.15) is 22.8 Å². The highest BCUT2D eigenvalue weighted by molar-refractivity contribution is 6.32. The molecule has 26 heavy (non-hydrogen) atoms. The zero-order valence-electron chi connectivity index (χ0n) is 14.7. The summed E-state index contributed by atoms with van der Waals surface area (Å²) >= 11 is 5.98. The molecule has 0 amide bonds. The van der Waals surface area contributed by atoms with Crippen molar-refractivity contribution < 1.29 is 24.1 Å². The third-order valence-corrected chi connectivity index (χ3v) is 3.76. The Kier molecular flexibility index (Phi) is 7.51. The van der Waals surface area contributed by atoms with Gasteiger partial charge in [-0.25, -0.2) is 0 Å². The third kappa shape index (κ3) is 5.51. The number of phenolic OH excluding ortho intramolecular Hbond substituents is 1. The van der Waals surface area contributed by atoms with E-state index in [0.717, 1.165) is 0 Å². The van der Waals surface area contributed by atoms with Gasteiger partial charge in [-0.15, -0.1) is 0 Å². The maximum absolute atomic E-state index is 12.3. The Hall–Kier alpha value is -2.50. The Labute approximate surface area is 157 Å². The summed E-state index contributed by atoms with van der Waals surface area (Å²) in [7, 11) is 1.61. The van der Waals surface area contributed by atoms with E-state index in [4.69, 9.17) is 25.8 Å². The molecule has 0 aliphatic rings. The Morgan fingerprint density at radius 1 is 1.15 bits per heavy atom. The number of carbonyl (C=O) groups excluding carboxylic acids is 1. The van der Waals surface area contributed by atoms with Crippen LogP contribution in [0.2, 0.25) is 5.02 Å². The highest BCUT2D eigenvalue weighted by Crippen LogP contribution is 2.35. The van der Waals surface area contributed by atoms with Crippen LogP contribution in [0.25, 0.3) is 6.08 Å². The summed E-state index contributed by atoms with van der Waals surface area (Å²) in [4.78, 5) is 12.3. The second kappa shape index (κ2) is 9.85. The molecular weight excluding hydrogens is 356 g/mol. The summed E-state index contributed by atoms with van der Waals surface area (Å²) in [5, 5.41) is 10.0. The SMILES string of the molecule is CCOc1cc(/C=C/C(=O)c2ccc(OCCOC)cc2)cc(Cl)c1O. The fourth-order valence-electron chi connectivity index (χ4n) is 2.18. The molecule has 0 aromatic heterocycles. The summed E-state index contributed by atoms with van der Waals surface area (Å²) in [5.41, 5.74) is 1.19. The van der Waals surface area contributed by atoms with E-state index >= 15 is 0 Å². The lowest BCUT2D eigenvalue weighted by Crippen LogP contribution is -2.04. The number of hydrogen-bond acceptors (Lipinski definition) is 5. The van der Waals surface area contributed by atoms with Crippen molar-refractivity contribution in [2.45, 2.75) is 6.92 Å². The molecule has 2 aromatic carbocycles. The Balaban J connectivity index is 2.07. The smallest absolute Gasteiger partial charge is 0.185 e. The average Bonchev–Trinajstić information content (AvgIpc) is 2.64. The number of aromatic hydroxyl groups is 1. The van der Waals surface area contributed by atoms with Gasteiger partial charge >= 0.3 is 0 Å². The van der Waals surface area contributed by atoms with Crippen LogP contribution < -0.4 is 9.47 Å². The zero-order chi connectivity index (χ0) is 18.9. The van der Waals surface area contributed by atoms with Crippen LogP contribution in [0, 0.1) is 0 Å². The van der Waals surface area contributed by atoms with Crippen molar-refractivity contribution in [3.63, 3.8) is 0 Å². The second-order valence-corrected chi connectivity index (χ2v) is 5.75. The number of carbonyl (C=O) groups is 1. The van der Waals surface area contributed by atoms with E-state index in [-0.39, 0.29) is 22.3 Å². The van der Waals surface area contributed by atoms with Gasteiger partial charge in [-0.1, -0.05) is 17.7 Å². The van der Waals surface area contributed by atoms with Gasteiger partial charge in [0.25, 0.3) is 0 Å². The minimum atomic E-state index is -0.157. The van der Waals surface area contributed by atoms with Crippen LogP contribution in [0.4, 0.5) is 0 Å². The topological polar surface area (TPSA) is 65.0 Å². The predicted molar refractivity (Wildman–Crippen MR) is 101 cm³/mol. The predicted octanol–water partition coefficient (Wildman–Crippen LogP) is 4.37. The van der Waals surface area contributed by atoms with Crippen LogP contribution in [0.15, 0.2) is 42.5 Å². The highest BCUT2D eigenvalue weighted by atomic mass is 35.5. The first-order valence-electron chi connectivity index (χ1n) is 8.14. The molecule has 6 heteroatoms. The number of benzene rings is 2. The molecule has 0 spiro atoms. The van der Waals surface area contributed by atoms with Gasteiger partial charge in [0.1, 0.15) is 12.4 Å². The Morgan fingerprint density at radius 2 is 1.88 bits per heavy atom.